The van der Waals surface area contributed by atoms with Crippen molar-refractivity contribution in [3.05, 3.63) is 53.8 Å². The topological polar surface area (TPSA) is 9.23 Å². The fourth-order valence-corrected chi connectivity index (χ4v) is 7.57. The summed E-state index contributed by atoms with van der Waals surface area (Å²) < 4.78 is 55.5. The molecule has 0 bridgehead atoms. The monoisotopic (exact) mass is 465 g/mol. The summed E-state index contributed by atoms with van der Waals surface area (Å²) in [6.45, 7) is 0.770. The van der Waals surface area contributed by atoms with Crippen LogP contribution in [0.5, 0.6) is 5.75 Å². The molecule has 2 aromatic carbocycles. The van der Waals surface area contributed by atoms with Gasteiger partial charge in [-0.25, -0.2) is 4.39 Å². The number of unbranched alkanes of at least 4 members (excludes halogenated alkanes) is 2. The van der Waals surface area contributed by atoms with Crippen LogP contribution in [0.2, 0.25) is 18.1 Å². The summed E-state index contributed by atoms with van der Waals surface area (Å²) in [4.78, 5) is 0. The number of halogens is 4. The van der Waals surface area contributed by atoms with Gasteiger partial charge in [-0.2, -0.15) is 13.2 Å². The predicted molar refractivity (Wildman–Crippen MR) is 124 cm³/mol. The fourth-order valence-electron chi connectivity index (χ4n) is 4.44. The van der Waals surface area contributed by atoms with Crippen LogP contribution < -0.4 is 4.74 Å². The summed E-state index contributed by atoms with van der Waals surface area (Å²) in [6.07, 6.45) is 4.70. The van der Waals surface area contributed by atoms with Crippen LogP contribution in [0.3, 0.4) is 0 Å². The zero-order valence-electron chi connectivity index (χ0n) is 18.8. The highest BCUT2D eigenvalue weighted by Gasteiger charge is 2.29. The van der Waals surface area contributed by atoms with Gasteiger partial charge in [0.1, 0.15) is 0 Å². The highest BCUT2D eigenvalue weighted by molar-refractivity contribution is 6.58. The lowest BCUT2D eigenvalue weighted by Gasteiger charge is -2.27. The maximum Gasteiger partial charge on any atom is 0.422 e. The molecule has 0 N–H and O–H groups in total. The van der Waals surface area contributed by atoms with Crippen molar-refractivity contribution in [2.75, 3.05) is 6.61 Å². The van der Waals surface area contributed by atoms with Crippen molar-refractivity contribution in [2.45, 2.75) is 76.2 Å². The third-order valence-corrected chi connectivity index (χ3v) is 9.45. The molecule has 1 radical (unpaired) electrons. The van der Waals surface area contributed by atoms with Gasteiger partial charge < -0.3 is 4.74 Å². The van der Waals surface area contributed by atoms with E-state index in [1.54, 1.807) is 6.07 Å². The minimum Gasteiger partial charge on any atom is -0.481 e. The van der Waals surface area contributed by atoms with Gasteiger partial charge in [0, 0.05) is 8.80 Å². The first kappa shape index (κ1) is 24.8. The van der Waals surface area contributed by atoms with E-state index in [0.29, 0.717) is 5.56 Å². The van der Waals surface area contributed by atoms with Gasteiger partial charge in [0.25, 0.3) is 0 Å². The Bertz CT molecular complexity index is 827. The molecule has 0 spiro atoms. The molecular formula is C26H33F4OSi. The molecule has 1 heterocycles. The molecule has 2 aromatic rings. The summed E-state index contributed by atoms with van der Waals surface area (Å²) in [5, 5.41) is 0. The molecule has 32 heavy (non-hydrogen) atoms. The number of aryl methyl sites for hydroxylation is 1. The molecule has 175 valence electrons. The molecule has 1 saturated heterocycles. The molecule has 1 aliphatic rings. The average Bonchev–Trinajstić information content (AvgIpc) is 2.77. The minimum absolute atomic E-state index is 0.0836. The predicted octanol–water partition coefficient (Wildman–Crippen LogP) is 8.46. The van der Waals surface area contributed by atoms with Crippen LogP contribution in [-0.4, -0.2) is 21.6 Å². The number of hydrogen-bond acceptors (Lipinski definition) is 1. The van der Waals surface area contributed by atoms with Crippen LogP contribution in [0.1, 0.15) is 51.0 Å². The number of hydrogen-bond donors (Lipinski definition) is 0. The van der Waals surface area contributed by atoms with E-state index in [1.807, 2.05) is 12.1 Å². The molecule has 0 atom stereocenters. The Labute approximate surface area is 190 Å². The quantitative estimate of drug-likeness (QED) is 0.194. The fraction of sp³-hybridized carbons (Fsp3) is 0.538. The first-order chi connectivity index (χ1) is 15.3. The molecule has 6 heteroatoms. The molecule has 0 aromatic heterocycles. The molecule has 1 fully saturated rings. The third kappa shape index (κ3) is 7.95. The lowest BCUT2D eigenvalue weighted by molar-refractivity contribution is -0.153. The Balaban J connectivity index is 1.47. The second kappa shape index (κ2) is 11.9. The van der Waals surface area contributed by atoms with E-state index in [2.05, 4.69) is 23.8 Å². The van der Waals surface area contributed by atoms with E-state index in [1.165, 1.54) is 74.4 Å². The van der Waals surface area contributed by atoms with E-state index < -0.39 is 18.6 Å². The van der Waals surface area contributed by atoms with Gasteiger partial charge in [-0.3, -0.25) is 0 Å². The van der Waals surface area contributed by atoms with Crippen molar-refractivity contribution in [3.8, 4) is 16.9 Å². The van der Waals surface area contributed by atoms with E-state index in [0.717, 1.165) is 17.9 Å². The number of ether oxygens (including phenoxy) is 1. The molecule has 0 aliphatic carbocycles. The van der Waals surface area contributed by atoms with Crippen LogP contribution in [0.25, 0.3) is 11.1 Å². The Morgan fingerprint density at radius 2 is 1.66 bits per heavy atom. The summed E-state index contributed by atoms with van der Waals surface area (Å²) in [5.41, 5.74) is 2.74. The molecule has 0 saturated carbocycles. The van der Waals surface area contributed by atoms with Crippen molar-refractivity contribution in [3.63, 3.8) is 0 Å². The number of benzene rings is 2. The number of rotatable bonds is 10. The van der Waals surface area contributed by atoms with Crippen molar-refractivity contribution in [2.24, 2.45) is 5.92 Å². The SMILES string of the molecule is CCCCC[Si]1CCC(CCc2ccc(-c3ccc(OCC(F)(F)F)c(F)c3)cc2)CC1. The van der Waals surface area contributed by atoms with Gasteiger partial charge in [-0.15, -0.1) is 0 Å². The summed E-state index contributed by atoms with van der Waals surface area (Å²) in [6, 6.07) is 16.6. The Kier molecular flexibility index (Phi) is 9.20. The van der Waals surface area contributed by atoms with Gasteiger partial charge in [0.2, 0.25) is 0 Å². The standard InChI is InChI=1S/C26H33F4OSi/c1-2-3-4-15-32-16-13-21(14-17-32)6-5-20-7-9-22(10-8-20)23-11-12-25(24(27)18-23)31-19-26(28,29)30/h7-12,18,21H,2-6,13-17,19H2,1H3. The lowest BCUT2D eigenvalue weighted by atomic mass is 9.93. The van der Waals surface area contributed by atoms with Crippen LogP contribution in [-0.2, 0) is 6.42 Å². The van der Waals surface area contributed by atoms with Gasteiger partial charge in [-0.05, 0) is 47.6 Å². The van der Waals surface area contributed by atoms with Gasteiger partial charge >= 0.3 is 6.18 Å². The molecule has 1 nitrogen and oxygen atoms in total. The average molecular weight is 466 g/mol. The van der Waals surface area contributed by atoms with Gasteiger partial charge in [-0.1, -0.05) is 87.5 Å². The molecular weight excluding hydrogens is 432 g/mol. The zero-order valence-corrected chi connectivity index (χ0v) is 19.8. The van der Waals surface area contributed by atoms with Crippen LogP contribution in [0, 0.1) is 11.7 Å². The highest BCUT2D eigenvalue weighted by Crippen LogP contribution is 2.32. The van der Waals surface area contributed by atoms with E-state index in [4.69, 9.17) is 0 Å². The minimum atomic E-state index is -4.49. The summed E-state index contributed by atoms with van der Waals surface area (Å²) in [5.74, 6) is -0.332. The second-order valence-electron chi connectivity index (χ2n) is 8.94. The highest BCUT2D eigenvalue weighted by atomic mass is 28.3. The van der Waals surface area contributed by atoms with Gasteiger partial charge in [0.05, 0.1) is 0 Å². The number of alkyl halides is 3. The van der Waals surface area contributed by atoms with Crippen molar-refractivity contribution < 1.29 is 22.3 Å². The Morgan fingerprint density at radius 1 is 0.969 bits per heavy atom. The lowest BCUT2D eigenvalue weighted by Crippen LogP contribution is -2.21. The zero-order chi connectivity index (χ0) is 23.0. The largest absolute Gasteiger partial charge is 0.481 e. The second-order valence-corrected chi connectivity index (χ2v) is 11.9. The van der Waals surface area contributed by atoms with Crippen molar-refractivity contribution >= 4 is 8.80 Å². The van der Waals surface area contributed by atoms with Gasteiger partial charge in [0.15, 0.2) is 18.2 Å². The van der Waals surface area contributed by atoms with Crippen LogP contribution in [0.4, 0.5) is 17.6 Å². The molecule has 3 rings (SSSR count). The van der Waals surface area contributed by atoms with E-state index >= 15 is 0 Å². The molecule has 0 amide bonds. The maximum atomic E-state index is 14.1. The maximum absolute atomic E-state index is 14.1. The van der Waals surface area contributed by atoms with Crippen molar-refractivity contribution in [1.82, 2.24) is 0 Å². The smallest absolute Gasteiger partial charge is 0.422 e. The summed E-state index contributed by atoms with van der Waals surface area (Å²) >= 11 is 0. The first-order valence-electron chi connectivity index (χ1n) is 11.8. The first-order valence-corrected chi connectivity index (χ1v) is 13.9. The van der Waals surface area contributed by atoms with Crippen molar-refractivity contribution in [1.29, 1.82) is 0 Å². The van der Waals surface area contributed by atoms with E-state index in [-0.39, 0.29) is 14.5 Å². The Morgan fingerprint density at radius 3 is 2.28 bits per heavy atom. The van der Waals surface area contributed by atoms with E-state index in [9.17, 15) is 17.6 Å². The molecule has 0 unspecified atom stereocenters. The van der Waals surface area contributed by atoms with Crippen LogP contribution in [0.15, 0.2) is 42.5 Å². The Hall–Kier alpha value is -1.82. The summed E-state index contributed by atoms with van der Waals surface area (Å²) in [7, 11) is -0.0836. The van der Waals surface area contributed by atoms with Crippen LogP contribution >= 0.6 is 0 Å². The normalized spacial score (nSPS) is 15.8. The third-order valence-electron chi connectivity index (χ3n) is 6.40. The molecule has 1 aliphatic heterocycles.